The summed E-state index contributed by atoms with van der Waals surface area (Å²) in [6.07, 6.45) is 2.35. The van der Waals surface area contributed by atoms with E-state index in [4.69, 9.17) is 4.74 Å². The number of hydrogen-bond donors (Lipinski definition) is 0. The first kappa shape index (κ1) is 10.8. The second-order valence-electron chi connectivity index (χ2n) is 2.05. The van der Waals surface area contributed by atoms with Crippen LogP contribution in [0.1, 0.15) is 12.8 Å². The van der Waals surface area contributed by atoms with Crippen LogP contribution in [0.5, 0.6) is 0 Å². The summed E-state index contributed by atoms with van der Waals surface area (Å²) in [7, 11) is 1.28. The van der Waals surface area contributed by atoms with Crippen molar-refractivity contribution in [1.29, 1.82) is 0 Å². The quantitative estimate of drug-likeness (QED) is 0.349. The molecule has 0 fully saturated rings. The Morgan fingerprint density at radius 1 is 1.42 bits per heavy atom. The van der Waals surface area contributed by atoms with Crippen molar-refractivity contribution < 1.29 is 19.0 Å². The molecule has 4 heteroatoms. The van der Waals surface area contributed by atoms with Gasteiger partial charge in [0.2, 0.25) is 0 Å². The Morgan fingerprint density at radius 2 is 2.08 bits per heavy atom. The molecule has 0 N–H and O–H groups in total. The molecule has 0 aromatic heterocycles. The normalized spacial score (nSPS) is 8.75. The van der Waals surface area contributed by atoms with E-state index in [2.05, 4.69) is 16.1 Å². The van der Waals surface area contributed by atoms with E-state index in [9.17, 15) is 4.79 Å². The van der Waals surface area contributed by atoms with Gasteiger partial charge in [0.05, 0.1) is 26.6 Å². The average Bonchev–Trinajstić information content (AvgIpc) is 2.10. The summed E-state index contributed by atoms with van der Waals surface area (Å²) in [5.41, 5.74) is 0. The first-order chi connectivity index (χ1) is 5.81. The van der Waals surface area contributed by atoms with Crippen molar-refractivity contribution in [2.24, 2.45) is 0 Å². The van der Waals surface area contributed by atoms with Gasteiger partial charge >= 0.3 is 6.16 Å². The number of carbonyl (C=O) groups is 1. The van der Waals surface area contributed by atoms with Crippen LogP contribution in [-0.2, 0) is 14.2 Å². The molecule has 0 radical (unpaired) electrons. The number of carbonyl (C=O) groups excluding carboxylic acids is 1. The summed E-state index contributed by atoms with van der Waals surface area (Å²) < 4.78 is 13.8. The van der Waals surface area contributed by atoms with Gasteiger partial charge in [0.1, 0.15) is 0 Å². The lowest BCUT2D eigenvalue weighted by atomic mass is 10.3. The molecule has 0 bridgehead atoms. The van der Waals surface area contributed by atoms with Crippen molar-refractivity contribution in [3.8, 4) is 0 Å². The van der Waals surface area contributed by atoms with Crippen molar-refractivity contribution in [3.05, 3.63) is 12.8 Å². The minimum atomic E-state index is -0.639. The van der Waals surface area contributed by atoms with Crippen LogP contribution in [0.25, 0.3) is 0 Å². The van der Waals surface area contributed by atoms with E-state index in [1.54, 1.807) is 0 Å². The highest BCUT2D eigenvalue weighted by Gasteiger charge is 1.98. The fourth-order valence-corrected chi connectivity index (χ4v) is 0.585. The number of ether oxygens (including phenoxy) is 3. The van der Waals surface area contributed by atoms with E-state index in [-0.39, 0.29) is 0 Å². The van der Waals surface area contributed by atoms with Crippen LogP contribution in [0.15, 0.2) is 12.8 Å². The lowest BCUT2D eigenvalue weighted by Gasteiger charge is -2.02. The molecule has 0 amide bonds. The van der Waals surface area contributed by atoms with Crippen molar-refractivity contribution in [2.45, 2.75) is 12.8 Å². The lowest BCUT2D eigenvalue weighted by molar-refractivity contribution is 0.0699. The molecule has 0 aliphatic carbocycles. The first-order valence-electron chi connectivity index (χ1n) is 3.74. The van der Waals surface area contributed by atoms with E-state index in [0.29, 0.717) is 13.2 Å². The highest BCUT2D eigenvalue weighted by molar-refractivity contribution is 5.59. The lowest BCUT2D eigenvalue weighted by Crippen LogP contribution is -2.05. The largest absolute Gasteiger partial charge is 0.507 e. The molecule has 0 saturated carbocycles. The monoisotopic (exact) mass is 174 g/mol. The number of rotatable bonds is 6. The minimum absolute atomic E-state index is 0.368. The van der Waals surface area contributed by atoms with Crippen molar-refractivity contribution in [2.75, 3.05) is 20.3 Å². The zero-order valence-corrected chi connectivity index (χ0v) is 7.25. The highest BCUT2D eigenvalue weighted by Crippen LogP contribution is 1.92. The molecule has 0 aliphatic rings. The van der Waals surface area contributed by atoms with E-state index < -0.39 is 6.16 Å². The fourth-order valence-electron chi connectivity index (χ4n) is 0.585. The maximum absolute atomic E-state index is 10.4. The summed E-state index contributed by atoms with van der Waals surface area (Å²) in [4.78, 5) is 10.4. The molecular weight excluding hydrogens is 160 g/mol. The molecule has 12 heavy (non-hydrogen) atoms. The second kappa shape index (κ2) is 7.91. The third-order valence-corrected chi connectivity index (χ3v) is 1.16. The van der Waals surface area contributed by atoms with Gasteiger partial charge in [-0.05, 0) is 12.8 Å². The molecule has 0 rings (SSSR count). The van der Waals surface area contributed by atoms with Crippen LogP contribution < -0.4 is 0 Å². The highest BCUT2D eigenvalue weighted by atomic mass is 16.7. The zero-order chi connectivity index (χ0) is 9.23. The summed E-state index contributed by atoms with van der Waals surface area (Å²) in [6, 6.07) is 0. The van der Waals surface area contributed by atoms with Gasteiger partial charge in [-0.15, -0.1) is 0 Å². The Morgan fingerprint density at radius 3 is 2.67 bits per heavy atom. The van der Waals surface area contributed by atoms with E-state index in [1.165, 1.54) is 13.4 Å². The summed E-state index contributed by atoms with van der Waals surface area (Å²) >= 11 is 0. The van der Waals surface area contributed by atoms with Gasteiger partial charge in [-0.2, -0.15) is 0 Å². The van der Waals surface area contributed by atoms with Gasteiger partial charge in [-0.25, -0.2) is 4.79 Å². The van der Waals surface area contributed by atoms with E-state index in [0.717, 1.165) is 12.8 Å². The summed E-state index contributed by atoms with van der Waals surface area (Å²) in [6.45, 7) is 4.37. The molecule has 0 heterocycles. The molecular formula is C8H14O4. The van der Waals surface area contributed by atoms with Gasteiger partial charge in [-0.1, -0.05) is 6.58 Å². The third-order valence-electron chi connectivity index (χ3n) is 1.16. The van der Waals surface area contributed by atoms with Crippen molar-refractivity contribution in [3.63, 3.8) is 0 Å². The number of unbranched alkanes of at least 4 members (excludes halogenated alkanes) is 1. The maximum atomic E-state index is 10.4. The Balaban J connectivity index is 3.00. The van der Waals surface area contributed by atoms with Gasteiger partial charge in [-0.3, -0.25) is 0 Å². The smallest absolute Gasteiger partial charge is 0.502 e. The van der Waals surface area contributed by atoms with Gasteiger partial charge < -0.3 is 14.2 Å². The summed E-state index contributed by atoms with van der Waals surface area (Å²) in [5.74, 6) is 0. The molecule has 0 aliphatic heterocycles. The molecule has 70 valence electrons. The Kier molecular flexibility index (Phi) is 7.13. The van der Waals surface area contributed by atoms with E-state index in [1.807, 2.05) is 0 Å². The van der Waals surface area contributed by atoms with Crippen LogP contribution >= 0.6 is 0 Å². The molecule has 0 aromatic rings. The zero-order valence-electron chi connectivity index (χ0n) is 7.25. The minimum Gasteiger partial charge on any atom is -0.502 e. The second-order valence-corrected chi connectivity index (χ2v) is 2.05. The maximum Gasteiger partial charge on any atom is 0.507 e. The van der Waals surface area contributed by atoms with Gasteiger partial charge in [0, 0.05) is 0 Å². The van der Waals surface area contributed by atoms with Crippen LogP contribution in [0.3, 0.4) is 0 Å². The Bertz CT molecular complexity index is 133. The SMILES string of the molecule is C=COCCCCOC(=O)OC. The fraction of sp³-hybridized carbons (Fsp3) is 0.625. The topological polar surface area (TPSA) is 44.8 Å². The molecule has 0 atom stereocenters. The Hall–Kier alpha value is -1.19. The summed E-state index contributed by atoms with van der Waals surface area (Å²) in [5, 5.41) is 0. The molecule has 0 saturated heterocycles. The molecule has 4 nitrogen and oxygen atoms in total. The van der Waals surface area contributed by atoms with Gasteiger partial charge in [0.25, 0.3) is 0 Å². The Labute approximate surface area is 72.1 Å². The van der Waals surface area contributed by atoms with Crippen LogP contribution in [0.2, 0.25) is 0 Å². The first-order valence-corrected chi connectivity index (χ1v) is 3.74. The molecule has 0 aromatic carbocycles. The average molecular weight is 174 g/mol. The number of methoxy groups -OCH3 is 1. The van der Waals surface area contributed by atoms with Crippen molar-refractivity contribution in [1.82, 2.24) is 0 Å². The van der Waals surface area contributed by atoms with Crippen LogP contribution in [-0.4, -0.2) is 26.5 Å². The third kappa shape index (κ3) is 6.92. The number of hydrogen-bond acceptors (Lipinski definition) is 4. The predicted octanol–water partition coefficient (Wildman–Crippen LogP) is 1.71. The van der Waals surface area contributed by atoms with Crippen molar-refractivity contribution >= 4 is 6.16 Å². The molecule has 0 unspecified atom stereocenters. The van der Waals surface area contributed by atoms with Crippen LogP contribution in [0.4, 0.5) is 4.79 Å². The molecule has 0 spiro atoms. The van der Waals surface area contributed by atoms with Crippen LogP contribution in [0, 0.1) is 0 Å². The standard InChI is InChI=1S/C8H14O4/c1-3-11-6-4-5-7-12-8(9)10-2/h3H,1,4-7H2,2H3. The van der Waals surface area contributed by atoms with Gasteiger partial charge in [0.15, 0.2) is 0 Å². The van der Waals surface area contributed by atoms with E-state index >= 15 is 0 Å². The predicted molar refractivity (Wildman–Crippen MR) is 43.7 cm³/mol.